The summed E-state index contributed by atoms with van der Waals surface area (Å²) >= 11 is 8.01. The molecule has 0 spiro atoms. The van der Waals surface area contributed by atoms with Gasteiger partial charge in [0.2, 0.25) is 5.88 Å². The Morgan fingerprint density at radius 2 is 2.15 bits per heavy atom. The van der Waals surface area contributed by atoms with Crippen LogP contribution in [0.5, 0.6) is 5.88 Å². The third kappa shape index (κ3) is 5.86. The number of esters is 1. The molecule has 1 aromatic carbocycles. The van der Waals surface area contributed by atoms with Gasteiger partial charge in [0, 0.05) is 28.7 Å². The maximum atomic E-state index is 14.0. The van der Waals surface area contributed by atoms with Crippen molar-refractivity contribution in [3.63, 3.8) is 0 Å². The maximum absolute atomic E-state index is 14.0. The van der Waals surface area contributed by atoms with Crippen molar-refractivity contribution >= 4 is 34.6 Å². The number of rotatable bonds is 5. The van der Waals surface area contributed by atoms with Crippen molar-refractivity contribution in [1.82, 2.24) is 14.5 Å². The molecule has 39 heavy (non-hydrogen) atoms. The Labute approximate surface area is 234 Å². The summed E-state index contributed by atoms with van der Waals surface area (Å²) in [6.07, 6.45) is 7.45. The van der Waals surface area contributed by atoms with E-state index in [9.17, 15) is 19.1 Å². The summed E-state index contributed by atoms with van der Waals surface area (Å²) in [6.45, 7) is 0.563. The first-order chi connectivity index (χ1) is 18.9. The number of aliphatic imine (C=N–C) groups is 1. The molecule has 0 bridgehead atoms. The molecular weight excluding hydrogens is 543 g/mol. The van der Waals surface area contributed by atoms with Crippen LogP contribution in [0.15, 0.2) is 50.7 Å². The number of aromatic nitrogens is 3. The standard InChI is InChI=1S/C28H30ClFN4O4S/c1-38-27(36)23-17(13-16-5-2-3-11-34-22(14-16)25(35)33-28(34)37)6-4-7-21(26-31-10-12-39-26)32-24(23)19-9-8-18(30)15-20(19)29/h8-10,12,15-16,24,35H,2-7,11,13-14H2,1H3,(H,33,37). The lowest BCUT2D eigenvalue weighted by atomic mass is 9.82. The number of thiazole rings is 1. The van der Waals surface area contributed by atoms with E-state index in [4.69, 9.17) is 21.3 Å². The van der Waals surface area contributed by atoms with Gasteiger partial charge in [-0.3, -0.25) is 14.5 Å². The fraction of sp³-hybridized carbons (Fsp3) is 0.429. The minimum Gasteiger partial charge on any atom is -0.493 e. The topological polar surface area (TPSA) is 110 Å². The average Bonchev–Trinajstić information content (AvgIpc) is 3.50. The van der Waals surface area contributed by atoms with Gasteiger partial charge in [-0.2, -0.15) is 0 Å². The molecule has 2 aliphatic rings. The van der Waals surface area contributed by atoms with Gasteiger partial charge >= 0.3 is 11.7 Å². The number of fused-ring (bicyclic) bond motifs is 1. The molecule has 0 amide bonds. The van der Waals surface area contributed by atoms with Crippen LogP contribution in [0.25, 0.3) is 0 Å². The number of carbonyl (C=O) groups excluding carboxylic acids is 1. The predicted molar refractivity (Wildman–Crippen MR) is 148 cm³/mol. The fourth-order valence-electron chi connectivity index (χ4n) is 5.67. The minimum absolute atomic E-state index is 0.0819. The van der Waals surface area contributed by atoms with E-state index in [-0.39, 0.29) is 22.5 Å². The van der Waals surface area contributed by atoms with Crippen molar-refractivity contribution in [2.45, 2.75) is 64.0 Å². The second kappa shape index (κ2) is 11.9. The van der Waals surface area contributed by atoms with Crippen molar-refractivity contribution in [2.24, 2.45) is 10.9 Å². The van der Waals surface area contributed by atoms with E-state index in [1.54, 1.807) is 16.8 Å². The molecule has 11 heteroatoms. The van der Waals surface area contributed by atoms with E-state index in [1.165, 1.54) is 30.6 Å². The molecule has 2 atom stereocenters. The van der Waals surface area contributed by atoms with Gasteiger partial charge in [0.05, 0.1) is 24.1 Å². The Morgan fingerprint density at radius 1 is 1.31 bits per heavy atom. The van der Waals surface area contributed by atoms with Crippen molar-refractivity contribution in [3.05, 3.63) is 78.5 Å². The number of nitrogens with zero attached hydrogens (tertiary/aromatic N) is 3. The van der Waals surface area contributed by atoms with Crippen molar-refractivity contribution in [3.8, 4) is 5.88 Å². The fourth-order valence-corrected chi connectivity index (χ4v) is 6.61. The van der Waals surface area contributed by atoms with Crippen molar-refractivity contribution < 1.29 is 19.0 Å². The number of allylic oxidation sites excluding steroid dienone is 1. The zero-order valence-electron chi connectivity index (χ0n) is 21.6. The average molecular weight is 573 g/mol. The van der Waals surface area contributed by atoms with Gasteiger partial charge in [0.25, 0.3) is 0 Å². The quantitative estimate of drug-likeness (QED) is 0.378. The molecule has 0 radical (unpaired) electrons. The summed E-state index contributed by atoms with van der Waals surface area (Å²) in [5, 5.41) is 13.2. The molecule has 3 aromatic rings. The number of imidazole rings is 1. The molecule has 2 aromatic heterocycles. The van der Waals surface area contributed by atoms with E-state index >= 15 is 0 Å². The van der Waals surface area contributed by atoms with Crippen LogP contribution in [0.1, 0.15) is 67.3 Å². The monoisotopic (exact) mass is 572 g/mol. The number of benzene rings is 1. The van der Waals surface area contributed by atoms with E-state index in [0.29, 0.717) is 49.1 Å². The number of halogens is 2. The minimum atomic E-state index is -0.799. The van der Waals surface area contributed by atoms with Crippen LogP contribution in [0.3, 0.4) is 0 Å². The van der Waals surface area contributed by atoms with Crippen LogP contribution in [-0.2, 0) is 22.5 Å². The zero-order valence-corrected chi connectivity index (χ0v) is 23.2. The summed E-state index contributed by atoms with van der Waals surface area (Å²) in [5.41, 5.74) is 2.88. The summed E-state index contributed by atoms with van der Waals surface area (Å²) in [6, 6.07) is 3.31. The van der Waals surface area contributed by atoms with E-state index in [1.807, 2.05) is 5.38 Å². The van der Waals surface area contributed by atoms with Gasteiger partial charge in [-0.25, -0.2) is 19.0 Å². The molecule has 5 rings (SSSR count). The lowest BCUT2D eigenvalue weighted by Gasteiger charge is -2.27. The number of methoxy groups -OCH3 is 1. The number of aromatic hydroxyl groups is 1. The van der Waals surface area contributed by atoms with E-state index in [0.717, 1.165) is 42.0 Å². The molecule has 0 aliphatic carbocycles. The first kappa shape index (κ1) is 27.3. The molecule has 206 valence electrons. The van der Waals surface area contributed by atoms with Gasteiger partial charge < -0.3 is 9.84 Å². The molecule has 4 heterocycles. The number of aromatic amines is 1. The summed E-state index contributed by atoms with van der Waals surface area (Å²) < 4.78 is 20.9. The normalized spacial score (nSPS) is 20.3. The lowest BCUT2D eigenvalue weighted by molar-refractivity contribution is -0.136. The Balaban J connectivity index is 1.62. The second-order valence-corrected chi connectivity index (χ2v) is 11.3. The van der Waals surface area contributed by atoms with Crippen molar-refractivity contribution in [1.29, 1.82) is 0 Å². The highest BCUT2D eigenvalue weighted by atomic mass is 35.5. The van der Waals surface area contributed by atoms with Gasteiger partial charge in [-0.1, -0.05) is 29.7 Å². The lowest BCUT2D eigenvalue weighted by Crippen LogP contribution is -2.24. The number of ether oxygens (including phenoxy) is 1. The summed E-state index contributed by atoms with van der Waals surface area (Å²) in [4.78, 5) is 37.7. The Bertz CT molecular complexity index is 1480. The number of hydrogen-bond acceptors (Lipinski definition) is 7. The third-order valence-corrected chi connectivity index (χ3v) is 8.65. The highest BCUT2D eigenvalue weighted by Crippen LogP contribution is 2.40. The van der Waals surface area contributed by atoms with Gasteiger partial charge in [0.15, 0.2) is 0 Å². The SMILES string of the molecule is COC(=O)C1=C(CC2CCCCn3c(c(O)[nH]c3=O)C2)CCCC(c2nccs2)=NC1c1ccc(F)cc1Cl. The smallest absolute Gasteiger partial charge is 0.336 e. The van der Waals surface area contributed by atoms with Gasteiger partial charge in [0.1, 0.15) is 16.9 Å². The maximum Gasteiger partial charge on any atom is 0.336 e. The van der Waals surface area contributed by atoms with Crippen LogP contribution in [0, 0.1) is 11.7 Å². The third-order valence-electron chi connectivity index (χ3n) is 7.50. The first-order valence-corrected chi connectivity index (χ1v) is 14.3. The zero-order chi connectivity index (χ0) is 27.5. The summed E-state index contributed by atoms with van der Waals surface area (Å²) in [5.74, 6) is -1.000. The highest BCUT2D eigenvalue weighted by Gasteiger charge is 2.32. The van der Waals surface area contributed by atoms with Gasteiger partial charge in [-0.05, 0) is 63.0 Å². The Morgan fingerprint density at radius 3 is 2.90 bits per heavy atom. The van der Waals surface area contributed by atoms with Crippen LogP contribution in [-0.4, -0.2) is 38.4 Å². The van der Waals surface area contributed by atoms with Crippen LogP contribution < -0.4 is 5.69 Å². The number of nitrogens with one attached hydrogen (secondary N) is 1. The van der Waals surface area contributed by atoms with Crippen LogP contribution >= 0.6 is 22.9 Å². The van der Waals surface area contributed by atoms with Gasteiger partial charge in [-0.15, -0.1) is 11.3 Å². The molecule has 0 fully saturated rings. The Kier molecular flexibility index (Phi) is 8.32. The first-order valence-electron chi connectivity index (χ1n) is 13.1. The highest BCUT2D eigenvalue weighted by molar-refractivity contribution is 7.11. The predicted octanol–water partition coefficient (Wildman–Crippen LogP) is 5.75. The summed E-state index contributed by atoms with van der Waals surface area (Å²) in [7, 11) is 1.34. The molecule has 8 nitrogen and oxygen atoms in total. The molecule has 0 saturated carbocycles. The molecular formula is C28H30ClFN4O4S. The molecule has 0 saturated heterocycles. The second-order valence-electron chi connectivity index (χ2n) is 9.99. The number of hydrogen-bond donors (Lipinski definition) is 2. The molecule has 2 unspecified atom stereocenters. The molecule has 2 N–H and O–H groups in total. The van der Waals surface area contributed by atoms with Crippen LogP contribution in [0.2, 0.25) is 5.02 Å². The number of carbonyl (C=O) groups is 1. The van der Waals surface area contributed by atoms with E-state index in [2.05, 4.69) is 9.97 Å². The van der Waals surface area contributed by atoms with Crippen molar-refractivity contribution in [2.75, 3.05) is 7.11 Å². The Hall–Kier alpha value is -3.24. The largest absolute Gasteiger partial charge is 0.493 e. The van der Waals surface area contributed by atoms with E-state index < -0.39 is 17.8 Å². The molecule has 2 aliphatic heterocycles. The number of H-pyrrole nitrogens is 1. The van der Waals surface area contributed by atoms with Crippen LogP contribution in [0.4, 0.5) is 4.39 Å².